The Morgan fingerprint density at radius 3 is 2.20 bits per heavy atom. The lowest BCUT2D eigenvalue weighted by Crippen LogP contribution is -2.48. The van der Waals surface area contributed by atoms with Gasteiger partial charge in [-0.3, -0.25) is 4.79 Å². The van der Waals surface area contributed by atoms with E-state index >= 15 is 0 Å². The second kappa shape index (κ2) is 8.05. The Bertz CT molecular complexity index is 390. The summed E-state index contributed by atoms with van der Waals surface area (Å²) in [4.78, 5) is 14.9. The summed E-state index contributed by atoms with van der Waals surface area (Å²) < 4.78 is 0. The molecule has 1 rings (SSSR count). The van der Waals surface area contributed by atoms with Gasteiger partial charge in [0.05, 0.1) is 5.41 Å². The van der Waals surface area contributed by atoms with Gasteiger partial charge in [0.25, 0.3) is 0 Å². The molecule has 3 nitrogen and oxygen atoms in total. The molecule has 1 aromatic rings. The third-order valence-electron chi connectivity index (χ3n) is 4.25. The fourth-order valence-corrected chi connectivity index (χ4v) is 2.49. The molecule has 0 saturated carbocycles. The normalized spacial score (nSPS) is 11.4. The van der Waals surface area contributed by atoms with E-state index in [9.17, 15) is 4.79 Å². The molecule has 0 radical (unpaired) electrons. The lowest BCUT2D eigenvalue weighted by Gasteiger charge is -2.35. The summed E-state index contributed by atoms with van der Waals surface area (Å²) in [5, 5.41) is 0. The topological polar surface area (TPSA) is 46.3 Å². The van der Waals surface area contributed by atoms with Gasteiger partial charge in [0.1, 0.15) is 0 Å². The van der Waals surface area contributed by atoms with Crippen LogP contribution in [0.5, 0.6) is 0 Å². The average Bonchev–Trinajstić information content (AvgIpc) is 2.51. The van der Waals surface area contributed by atoms with Crippen molar-refractivity contribution in [1.82, 2.24) is 0 Å². The van der Waals surface area contributed by atoms with E-state index in [0.29, 0.717) is 6.54 Å². The van der Waals surface area contributed by atoms with Gasteiger partial charge in [-0.05, 0) is 31.4 Å². The number of para-hydroxylation sites is 1. The van der Waals surface area contributed by atoms with Crippen molar-refractivity contribution in [3.05, 3.63) is 30.3 Å². The predicted octanol–water partition coefficient (Wildman–Crippen LogP) is 3.58. The number of carbonyl (C=O) groups is 1. The average molecular weight is 276 g/mol. The van der Waals surface area contributed by atoms with Crippen LogP contribution in [0.2, 0.25) is 0 Å². The highest BCUT2D eigenvalue weighted by Gasteiger charge is 2.37. The van der Waals surface area contributed by atoms with Crippen LogP contribution in [0, 0.1) is 5.41 Å². The van der Waals surface area contributed by atoms with E-state index in [2.05, 4.69) is 20.8 Å². The standard InChI is InChI=1S/C17H28N2O/c1-4-7-13-19(15-11-9-8-10-12-15)16(20)17(5-2,6-3)14-18/h8-12H,4-7,13-14,18H2,1-3H3. The van der Waals surface area contributed by atoms with Gasteiger partial charge in [0.15, 0.2) is 0 Å². The predicted molar refractivity (Wildman–Crippen MR) is 85.8 cm³/mol. The van der Waals surface area contributed by atoms with Crippen molar-refractivity contribution in [2.75, 3.05) is 18.0 Å². The number of amides is 1. The maximum absolute atomic E-state index is 13.0. The molecule has 0 heterocycles. The Morgan fingerprint density at radius 2 is 1.75 bits per heavy atom. The highest BCUT2D eigenvalue weighted by atomic mass is 16.2. The molecular weight excluding hydrogens is 248 g/mol. The number of anilines is 1. The highest BCUT2D eigenvalue weighted by Crippen LogP contribution is 2.30. The van der Waals surface area contributed by atoms with Gasteiger partial charge in [0.2, 0.25) is 5.91 Å². The lowest BCUT2D eigenvalue weighted by molar-refractivity contribution is -0.128. The van der Waals surface area contributed by atoms with E-state index in [1.807, 2.05) is 35.2 Å². The third kappa shape index (κ3) is 3.60. The third-order valence-corrected chi connectivity index (χ3v) is 4.25. The van der Waals surface area contributed by atoms with Crippen molar-refractivity contribution in [3.8, 4) is 0 Å². The zero-order chi connectivity index (χ0) is 15.0. The molecule has 0 aliphatic rings. The molecule has 1 aromatic carbocycles. The molecule has 0 aliphatic carbocycles. The van der Waals surface area contributed by atoms with Crippen molar-refractivity contribution >= 4 is 11.6 Å². The van der Waals surface area contributed by atoms with Gasteiger partial charge in [-0.15, -0.1) is 0 Å². The first kappa shape index (κ1) is 16.7. The molecule has 3 heteroatoms. The highest BCUT2D eigenvalue weighted by molar-refractivity contribution is 5.97. The van der Waals surface area contributed by atoms with Crippen LogP contribution in [0.3, 0.4) is 0 Å². The summed E-state index contributed by atoms with van der Waals surface area (Å²) in [6.07, 6.45) is 3.65. The smallest absolute Gasteiger partial charge is 0.234 e. The second-order valence-electron chi connectivity index (χ2n) is 5.34. The molecule has 0 aliphatic heterocycles. The number of nitrogens with zero attached hydrogens (tertiary/aromatic N) is 1. The van der Waals surface area contributed by atoms with Crippen molar-refractivity contribution < 1.29 is 4.79 Å². The van der Waals surface area contributed by atoms with Crippen molar-refractivity contribution in [2.24, 2.45) is 11.1 Å². The van der Waals surface area contributed by atoms with Crippen molar-refractivity contribution in [2.45, 2.75) is 46.5 Å². The van der Waals surface area contributed by atoms with Crippen molar-refractivity contribution in [1.29, 1.82) is 0 Å². The Hall–Kier alpha value is -1.35. The minimum Gasteiger partial charge on any atom is -0.329 e. The van der Waals surface area contributed by atoms with Crippen LogP contribution < -0.4 is 10.6 Å². The molecule has 0 unspecified atom stereocenters. The quantitative estimate of drug-likeness (QED) is 0.788. The minimum atomic E-state index is -0.427. The number of nitrogens with two attached hydrogens (primary N) is 1. The molecule has 0 spiro atoms. The first-order valence-corrected chi connectivity index (χ1v) is 7.72. The van der Waals surface area contributed by atoms with Crippen molar-refractivity contribution in [3.63, 3.8) is 0 Å². The van der Waals surface area contributed by atoms with Crippen LogP contribution in [-0.2, 0) is 4.79 Å². The van der Waals surface area contributed by atoms with Crippen LogP contribution in [0.1, 0.15) is 46.5 Å². The van der Waals surface area contributed by atoms with Crippen LogP contribution >= 0.6 is 0 Å². The van der Waals surface area contributed by atoms with Crippen LogP contribution in [0.25, 0.3) is 0 Å². The summed E-state index contributed by atoms with van der Waals surface area (Å²) >= 11 is 0. The maximum atomic E-state index is 13.0. The fraction of sp³-hybridized carbons (Fsp3) is 0.588. The molecule has 1 amide bonds. The molecule has 0 fully saturated rings. The Morgan fingerprint density at radius 1 is 1.15 bits per heavy atom. The summed E-state index contributed by atoms with van der Waals surface area (Å²) in [5.74, 6) is 0.171. The van der Waals surface area contributed by atoms with Crippen LogP contribution in [0.15, 0.2) is 30.3 Å². The van der Waals surface area contributed by atoms with E-state index in [4.69, 9.17) is 5.73 Å². The monoisotopic (exact) mass is 276 g/mol. The van der Waals surface area contributed by atoms with Gasteiger partial charge >= 0.3 is 0 Å². The number of benzene rings is 1. The lowest BCUT2D eigenvalue weighted by atomic mass is 9.80. The molecule has 0 bridgehead atoms. The number of unbranched alkanes of at least 4 members (excludes halogenated alkanes) is 1. The van der Waals surface area contributed by atoms with E-state index in [-0.39, 0.29) is 5.91 Å². The number of rotatable bonds is 8. The van der Waals surface area contributed by atoms with Gasteiger partial charge in [-0.25, -0.2) is 0 Å². The van der Waals surface area contributed by atoms with Crippen LogP contribution in [-0.4, -0.2) is 19.0 Å². The number of hydrogen-bond acceptors (Lipinski definition) is 2. The summed E-state index contributed by atoms with van der Waals surface area (Å²) in [6, 6.07) is 9.93. The largest absolute Gasteiger partial charge is 0.329 e. The molecule has 2 N–H and O–H groups in total. The minimum absolute atomic E-state index is 0.171. The van der Waals surface area contributed by atoms with Gasteiger partial charge in [-0.1, -0.05) is 45.4 Å². The van der Waals surface area contributed by atoms with E-state index in [0.717, 1.165) is 37.9 Å². The van der Waals surface area contributed by atoms with E-state index in [1.54, 1.807) is 0 Å². The van der Waals surface area contributed by atoms with Crippen LogP contribution in [0.4, 0.5) is 5.69 Å². The SMILES string of the molecule is CCCCN(C(=O)C(CC)(CC)CN)c1ccccc1. The number of carbonyl (C=O) groups excluding carboxylic acids is 1. The molecule has 0 atom stereocenters. The van der Waals surface area contributed by atoms with Gasteiger partial charge in [0, 0.05) is 18.8 Å². The molecule has 112 valence electrons. The first-order valence-electron chi connectivity index (χ1n) is 7.72. The molecule has 0 saturated heterocycles. The summed E-state index contributed by atoms with van der Waals surface area (Å²) in [6.45, 7) is 7.42. The molecule has 0 aromatic heterocycles. The first-order chi connectivity index (χ1) is 9.65. The van der Waals surface area contributed by atoms with E-state index in [1.165, 1.54) is 0 Å². The Balaban J connectivity index is 3.07. The van der Waals surface area contributed by atoms with Gasteiger partial charge < -0.3 is 10.6 Å². The molecule has 20 heavy (non-hydrogen) atoms. The second-order valence-corrected chi connectivity index (χ2v) is 5.34. The van der Waals surface area contributed by atoms with E-state index < -0.39 is 5.41 Å². The summed E-state index contributed by atoms with van der Waals surface area (Å²) in [7, 11) is 0. The number of hydrogen-bond donors (Lipinski definition) is 1. The zero-order valence-electron chi connectivity index (χ0n) is 13.1. The Kier molecular flexibility index (Phi) is 6.73. The van der Waals surface area contributed by atoms with Gasteiger partial charge in [-0.2, -0.15) is 0 Å². The summed E-state index contributed by atoms with van der Waals surface area (Å²) in [5.41, 5.74) is 6.48. The Labute approximate surface area is 123 Å². The molecular formula is C17H28N2O. The fourth-order valence-electron chi connectivity index (χ4n) is 2.49. The zero-order valence-corrected chi connectivity index (χ0v) is 13.1. The maximum Gasteiger partial charge on any atom is 0.234 e.